The van der Waals surface area contributed by atoms with E-state index < -0.39 is 0 Å². The Morgan fingerprint density at radius 2 is 1.69 bits per heavy atom. The van der Waals surface area contributed by atoms with Crippen LogP contribution in [0.5, 0.6) is 0 Å². The van der Waals surface area contributed by atoms with E-state index in [2.05, 4.69) is 15.5 Å². The predicted octanol–water partition coefficient (Wildman–Crippen LogP) is 1.81. The molecule has 0 spiro atoms. The van der Waals surface area contributed by atoms with Gasteiger partial charge in [-0.3, -0.25) is 9.59 Å². The first-order chi connectivity index (χ1) is 12.6. The summed E-state index contributed by atoms with van der Waals surface area (Å²) in [6, 6.07) is 16.8. The van der Waals surface area contributed by atoms with Crippen LogP contribution in [0, 0.1) is 0 Å². The van der Waals surface area contributed by atoms with Crippen molar-refractivity contribution >= 4 is 23.2 Å². The lowest BCUT2D eigenvalue weighted by Crippen LogP contribution is -2.44. The molecule has 0 radical (unpaired) electrons. The summed E-state index contributed by atoms with van der Waals surface area (Å²) in [5.41, 5.74) is 2.36. The van der Waals surface area contributed by atoms with Crippen LogP contribution in [0.2, 0.25) is 0 Å². The van der Waals surface area contributed by atoms with Gasteiger partial charge in [0.15, 0.2) is 0 Å². The van der Waals surface area contributed by atoms with Crippen molar-refractivity contribution in [1.29, 1.82) is 0 Å². The molecule has 0 saturated carbocycles. The highest BCUT2D eigenvalue weighted by Crippen LogP contribution is 2.25. The average Bonchev–Trinajstić information content (AvgIpc) is 2.69. The molecule has 1 aliphatic rings. The van der Waals surface area contributed by atoms with Crippen LogP contribution in [0.1, 0.15) is 10.4 Å². The van der Waals surface area contributed by atoms with Gasteiger partial charge in [0.2, 0.25) is 5.91 Å². The lowest BCUT2D eigenvalue weighted by Gasteiger charge is -2.31. The maximum atomic E-state index is 12.5. The fourth-order valence-corrected chi connectivity index (χ4v) is 3.04. The van der Waals surface area contributed by atoms with Gasteiger partial charge in [0.25, 0.3) is 5.91 Å². The third-order valence-corrected chi connectivity index (χ3v) is 4.38. The molecule has 2 aromatic rings. The van der Waals surface area contributed by atoms with Crippen LogP contribution in [0.4, 0.5) is 11.4 Å². The summed E-state index contributed by atoms with van der Waals surface area (Å²) in [5, 5.41) is 6.28. The van der Waals surface area contributed by atoms with Gasteiger partial charge in [0, 0.05) is 38.8 Å². The minimum atomic E-state index is -0.209. The van der Waals surface area contributed by atoms with Crippen LogP contribution in [0.3, 0.4) is 0 Å². The van der Waals surface area contributed by atoms with Crippen molar-refractivity contribution in [2.24, 2.45) is 0 Å². The number of nitrogens with zero attached hydrogens (tertiary/aromatic N) is 2. The van der Waals surface area contributed by atoms with Crippen LogP contribution < -0.4 is 15.5 Å². The van der Waals surface area contributed by atoms with Crippen LogP contribution in [0.15, 0.2) is 54.6 Å². The number of para-hydroxylation sites is 2. The van der Waals surface area contributed by atoms with Gasteiger partial charge < -0.3 is 20.4 Å². The monoisotopic (exact) mass is 352 g/mol. The van der Waals surface area contributed by atoms with Gasteiger partial charge in [-0.05, 0) is 24.3 Å². The number of benzene rings is 2. The standard InChI is InChI=1S/C20H24N4O2/c1-23(20(26)16-7-3-2-4-8-16)15-19(25)22-17-9-5-6-10-18(17)24-13-11-21-12-14-24/h2-10,21H,11-15H2,1H3,(H,22,25). The van der Waals surface area contributed by atoms with Crippen molar-refractivity contribution in [3.63, 3.8) is 0 Å². The van der Waals surface area contributed by atoms with Crippen molar-refractivity contribution in [3.05, 3.63) is 60.2 Å². The van der Waals surface area contributed by atoms with E-state index in [1.807, 2.05) is 42.5 Å². The van der Waals surface area contributed by atoms with Crippen LogP contribution in [-0.4, -0.2) is 56.5 Å². The van der Waals surface area contributed by atoms with E-state index in [1.54, 1.807) is 19.2 Å². The summed E-state index contributed by atoms with van der Waals surface area (Å²) in [5.74, 6) is -0.379. The topological polar surface area (TPSA) is 64.7 Å². The molecule has 0 aliphatic carbocycles. The molecule has 0 atom stereocenters. The van der Waals surface area contributed by atoms with E-state index in [-0.39, 0.29) is 18.4 Å². The van der Waals surface area contributed by atoms with Crippen molar-refractivity contribution in [3.8, 4) is 0 Å². The van der Waals surface area contributed by atoms with Gasteiger partial charge in [0.05, 0.1) is 17.9 Å². The fourth-order valence-electron chi connectivity index (χ4n) is 3.04. The Bertz CT molecular complexity index is 757. The summed E-state index contributed by atoms with van der Waals surface area (Å²) in [4.78, 5) is 28.5. The Kier molecular flexibility index (Phi) is 5.86. The molecule has 6 heteroatoms. The largest absolute Gasteiger partial charge is 0.367 e. The van der Waals surface area contributed by atoms with Crippen molar-refractivity contribution < 1.29 is 9.59 Å². The molecule has 0 unspecified atom stereocenters. The molecule has 1 fully saturated rings. The highest BCUT2D eigenvalue weighted by molar-refractivity contribution is 6.00. The first-order valence-corrected chi connectivity index (χ1v) is 8.80. The molecule has 2 N–H and O–H groups in total. The summed E-state index contributed by atoms with van der Waals surface area (Å²) < 4.78 is 0. The lowest BCUT2D eigenvalue weighted by molar-refractivity contribution is -0.116. The highest BCUT2D eigenvalue weighted by Gasteiger charge is 2.18. The molecule has 3 rings (SSSR count). The number of carbonyl (C=O) groups is 2. The number of hydrogen-bond acceptors (Lipinski definition) is 4. The molecule has 2 amide bonds. The molecule has 1 heterocycles. The van der Waals surface area contributed by atoms with Gasteiger partial charge in [-0.2, -0.15) is 0 Å². The first-order valence-electron chi connectivity index (χ1n) is 8.80. The Morgan fingerprint density at radius 1 is 1.04 bits per heavy atom. The minimum absolute atomic E-state index is 0.00359. The van der Waals surface area contributed by atoms with Gasteiger partial charge >= 0.3 is 0 Å². The summed E-state index contributed by atoms with van der Waals surface area (Å²) in [6.07, 6.45) is 0. The van der Waals surface area contributed by atoms with E-state index in [4.69, 9.17) is 0 Å². The van der Waals surface area contributed by atoms with Gasteiger partial charge in [-0.15, -0.1) is 0 Å². The summed E-state index contributed by atoms with van der Waals surface area (Å²) in [6.45, 7) is 3.66. The summed E-state index contributed by atoms with van der Waals surface area (Å²) in [7, 11) is 1.64. The molecule has 0 bridgehead atoms. The maximum Gasteiger partial charge on any atom is 0.254 e. The molecule has 1 saturated heterocycles. The summed E-state index contributed by atoms with van der Waals surface area (Å²) >= 11 is 0. The molecule has 136 valence electrons. The SMILES string of the molecule is CN(CC(=O)Nc1ccccc1N1CCNCC1)C(=O)c1ccccc1. The third kappa shape index (κ3) is 4.40. The van der Waals surface area contributed by atoms with E-state index in [9.17, 15) is 9.59 Å². The normalized spacial score (nSPS) is 14.0. The van der Waals surface area contributed by atoms with Crippen LogP contribution in [0.25, 0.3) is 0 Å². The zero-order chi connectivity index (χ0) is 18.4. The Hall–Kier alpha value is -2.86. The van der Waals surface area contributed by atoms with Gasteiger partial charge in [0.1, 0.15) is 0 Å². The van der Waals surface area contributed by atoms with Gasteiger partial charge in [-0.25, -0.2) is 0 Å². The number of carbonyl (C=O) groups excluding carboxylic acids is 2. The number of anilines is 2. The zero-order valence-electron chi connectivity index (χ0n) is 14.9. The van der Waals surface area contributed by atoms with Crippen LogP contribution >= 0.6 is 0 Å². The fraction of sp³-hybridized carbons (Fsp3) is 0.300. The van der Waals surface area contributed by atoms with E-state index in [1.165, 1.54) is 4.90 Å². The number of nitrogens with one attached hydrogen (secondary N) is 2. The molecule has 6 nitrogen and oxygen atoms in total. The van der Waals surface area contributed by atoms with Crippen molar-refractivity contribution in [2.75, 3.05) is 50.0 Å². The Morgan fingerprint density at radius 3 is 2.42 bits per heavy atom. The quantitative estimate of drug-likeness (QED) is 0.861. The minimum Gasteiger partial charge on any atom is -0.367 e. The molecular formula is C20H24N4O2. The second-order valence-corrected chi connectivity index (χ2v) is 6.33. The van der Waals surface area contributed by atoms with Crippen LogP contribution in [-0.2, 0) is 4.79 Å². The van der Waals surface area contributed by atoms with Crippen molar-refractivity contribution in [1.82, 2.24) is 10.2 Å². The molecule has 26 heavy (non-hydrogen) atoms. The molecule has 1 aliphatic heterocycles. The van der Waals surface area contributed by atoms with E-state index in [0.29, 0.717) is 5.56 Å². The molecular weight excluding hydrogens is 328 g/mol. The number of likely N-dealkylation sites (N-methyl/N-ethyl adjacent to an activating group) is 1. The average molecular weight is 352 g/mol. The number of hydrogen-bond donors (Lipinski definition) is 2. The second-order valence-electron chi connectivity index (χ2n) is 6.33. The maximum absolute atomic E-state index is 12.5. The number of amides is 2. The third-order valence-electron chi connectivity index (χ3n) is 4.38. The number of piperazine rings is 1. The zero-order valence-corrected chi connectivity index (χ0v) is 14.9. The predicted molar refractivity (Wildman–Crippen MR) is 104 cm³/mol. The number of rotatable bonds is 5. The second kappa shape index (κ2) is 8.49. The van der Waals surface area contributed by atoms with E-state index >= 15 is 0 Å². The molecule has 2 aromatic carbocycles. The highest BCUT2D eigenvalue weighted by atomic mass is 16.2. The lowest BCUT2D eigenvalue weighted by atomic mass is 10.2. The Labute approximate surface area is 153 Å². The van der Waals surface area contributed by atoms with E-state index in [0.717, 1.165) is 37.6 Å². The Balaban J connectivity index is 1.64. The smallest absolute Gasteiger partial charge is 0.254 e. The van der Waals surface area contributed by atoms with Gasteiger partial charge in [-0.1, -0.05) is 30.3 Å². The van der Waals surface area contributed by atoms with Crippen molar-refractivity contribution in [2.45, 2.75) is 0 Å². The molecule has 0 aromatic heterocycles. The first kappa shape index (κ1) is 17.9.